The number of rotatable bonds is 9. The van der Waals surface area contributed by atoms with Crippen LogP contribution in [0.4, 0.5) is 13.2 Å². The number of imidazole rings is 1. The van der Waals surface area contributed by atoms with Crippen molar-refractivity contribution in [1.29, 1.82) is 0 Å². The number of amides is 1. The predicted molar refractivity (Wildman–Crippen MR) is 111 cm³/mol. The Hall–Kier alpha value is -2.05. The van der Waals surface area contributed by atoms with Crippen LogP contribution < -0.4 is 0 Å². The average Bonchev–Trinajstić information content (AvgIpc) is 3.23. The molecule has 0 aromatic carbocycles. The highest BCUT2D eigenvalue weighted by atomic mass is 19.4. The molecule has 1 aliphatic heterocycles. The van der Waals surface area contributed by atoms with Crippen molar-refractivity contribution in [3.05, 3.63) is 41.5 Å². The summed E-state index contributed by atoms with van der Waals surface area (Å²) in [5.41, 5.74) is -0.559. The third-order valence-electron chi connectivity index (χ3n) is 6.07. The van der Waals surface area contributed by atoms with Gasteiger partial charge in [0.1, 0.15) is 11.5 Å². The van der Waals surface area contributed by atoms with E-state index in [9.17, 15) is 18.0 Å². The van der Waals surface area contributed by atoms with Crippen LogP contribution in [0.3, 0.4) is 0 Å². The van der Waals surface area contributed by atoms with Crippen LogP contribution in [0.25, 0.3) is 0 Å². The van der Waals surface area contributed by atoms with E-state index in [2.05, 4.69) is 24.1 Å². The number of nitrogens with zero attached hydrogens (tertiary/aromatic N) is 3. The number of hydrogen-bond donors (Lipinski definition) is 0. The SMILES string of the molecule is CCCC1CC(=O)N(Cn2c(CC)nc(CCCC3C=CC=CC3)c2C(F)(F)F)C1. The van der Waals surface area contributed by atoms with Crippen molar-refractivity contribution in [1.82, 2.24) is 14.5 Å². The molecule has 0 N–H and O–H groups in total. The summed E-state index contributed by atoms with van der Waals surface area (Å²) < 4.78 is 43.3. The molecule has 0 saturated carbocycles. The summed E-state index contributed by atoms with van der Waals surface area (Å²) in [6.07, 6.45) is 9.19. The number of likely N-dealkylation sites (tertiary alicyclic amines) is 1. The normalized spacial score (nSPS) is 21.8. The maximum absolute atomic E-state index is 14.0. The third-order valence-corrected chi connectivity index (χ3v) is 6.07. The molecule has 4 nitrogen and oxygen atoms in total. The van der Waals surface area contributed by atoms with Crippen LogP contribution in [-0.2, 0) is 30.5 Å². The minimum absolute atomic E-state index is 0.0553. The molecule has 2 heterocycles. The summed E-state index contributed by atoms with van der Waals surface area (Å²) in [5.74, 6) is 0.970. The number of carbonyl (C=O) groups excluding carboxylic acids is 1. The molecule has 1 fully saturated rings. The van der Waals surface area contributed by atoms with Gasteiger partial charge in [-0.2, -0.15) is 13.2 Å². The Bertz CT molecular complexity index is 794. The molecule has 1 saturated heterocycles. The third kappa shape index (κ3) is 5.35. The molecule has 3 rings (SSSR count). The summed E-state index contributed by atoms with van der Waals surface area (Å²) in [7, 11) is 0. The maximum atomic E-state index is 14.0. The molecule has 1 aromatic heterocycles. The maximum Gasteiger partial charge on any atom is 0.433 e. The number of alkyl halides is 3. The molecule has 0 bridgehead atoms. The van der Waals surface area contributed by atoms with Gasteiger partial charge in [0.2, 0.25) is 5.91 Å². The number of hydrogen-bond acceptors (Lipinski definition) is 2. The standard InChI is InChI=1S/C23H32F3N3O/c1-3-9-18-14-21(30)28(15-18)16-29-20(4-2)27-19(22(29)23(24,25)26)13-8-12-17-10-6-5-7-11-17/h5-7,10,17-18H,3-4,8-9,11-16H2,1-2H3. The van der Waals surface area contributed by atoms with Crippen LogP contribution in [0.1, 0.15) is 69.6 Å². The molecule has 0 spiro atoms. The fraction of sp³-hybridized carbons (Fsp3) is 0.652. The van der Waals surface area contributed by atoms with E-state index in [1.807, 2.05) is 19.1 Å². The van der Waals surface area contributed by atoms with E-state index < -0.39 is 11.9 Å². The van der Waals surface area contributed by atoms with Crippen LogP contribution >= 0.6 is 0 Å². The molecule has 30 heavy (non-hydrogen) atoms. The van der Waals surface area contributed by atoms with E-state index in [0.29, 0.717) is 44.0 Å². The van der Waals surface area contributed by atoms with Gasteiger partial charge in [0.15, 0.2) is 0 Å². The lowest BCUT2D eigenvalue weighted by molar-refractivity contribution is -0.146. The van der Waals surface area contributed by atoms with Crippen LogP contribution in [0.15, 0.2) is 24.3 Å². The second-order valence-electron chi connectivity index (χ2n) is 8.42. The fourth-order valence-corrected chi connectivity index (χ4v) is 4.61. The lowest BCUT2D eigenvalue weighted by atomic mass is 9.94. The van der Waals surface area contributed by atoms with E-state index >= 15 is 0 Å². The summed E-state index contributed by atoms with van der Waals surface area (Å²) in [6.45, 7) is 4.35. The zero-order valence-corrected chi connectivity index (χ0v) is 17.9. The zero-order valence-electron chi connectivity index (χ0n) is 17.9. The first-order valence-electron chi connectivity index (χ1n) is 11.1. The Kier molecular flexibility index (Phi) is 7.42. The number of carbonyl (C=O) groups is 1. The number of halogens is 3. The number of aryl methyl sites for hydroxylation is 2. The van der Waals surface area contributed by atoms with E-state index in [-0.39, 0.29) is 24.2 Å². The van der Waals surface area contributed by atoms with Gasteiger partial charge in [0, 0.05) is 19.4 Å². The van der Waals surface area contributed by atoms with Crippen LogP contribution in [0.2, 0.25) is 0 Å². The summed E-state index contributed by atoms with van der Waals surface area (Å²) in [5, 5.41) is 0. The quantitative estimate of drug-likeness (QED) is 0.524. The Labute approximate surface area is 176 Å². The monoisotopic (exact) mass is 423 g/mol. The van der Waals surface area contributed by atoms with Crippen LogP contribution in [0.5, 0.6) is 0 Å². The largest absolute Gasteiger partial charge is 0.433 e. The molecule has 0 radical (unpaired) electrons. The summed E-state index contributed by atoms with van der Waals surface area (Å²) >= 11 is 0. The van der Waals surface area contributed by atoms with Crippen molar-refractivity contribution in [2.75, 3.05) is 6.54 Å². The van der Waals surface area contributed by atoms with E-state index in [0.717, 1.165) is 25.7 Å². The van der Waals surface area contributed by atoms with E-state index in [4.69, 9.17) is 0 Å². The molecule has 2 aliphatic rings. The van der Waals surface area contributed by atoms with Crippen molar-refractivity contribution in [3.63, 3.8) is 0 Å². The minimum Gasteiger partial charge on any atom is -0.324 e. The van der Waals surface area contributed by atoms with Crippen LogP contribution in [-0.4, -0.2) is 26.9 Å². The molecule has 1 aromatic rings. The molecular formula is C23H32F3N3O. The second kappa shape index (κ2) is 9.84. The van der Waals surface area contributed by atoms with Gasteiger partial charge in [-0.1, -0.05) is 44.6 Å². The van der Waals surface area contributed by atoms with Crippen molar-refractivity contribution in [2.24, 2.45) is 11.8 Å². The molecule has 2 unspecified atom stereocenters. The Balaban J connectivity index is 1.77. The number of allylic oxidation sites excluding steroid dienone is 4. The van der Waals surface area contributed by atoms with Gasteiger partial charge in [0.25, 0.3) is 0 Å². The van der Waals surface area contributed by atoms with Gasteiger partial charge in [-0.05, 0) is 43.9 Å². The first-order chi connectivity index (χ1) is 14.3. The summed E-state index contributed by atoms with van der Waals surface area (Å²) in [6, 6.07) is 0. The van der Waals surface area contributed by atoms with Gasteiger partial charge in [-0.15, -0.1) is 0 Å². The summed E-state index contributed by atoms with van der Waals surface area (Å²) in [4.78, 5) is 18.3. The van der Waals surface area contributed by atoms with Gasteiger partial charge in [-0.25, -0.2) is 4.98 Å². The lowest BCUT2D eigenvalue weighted by Crippen LogP contribution is -2.31. The van der Waals surface area contributed by atoms with Crippen LogP contribution in [0, 0.1) is 11.8 Å². The molecular weight excluding hydrogens is 391 g/mol. The highest BCUT2D eigenvalue weighted by Gasteiger charge is 2.40. The first-order valence-corrected chi connectivity index (χ1v) is 11.1. The van der Waals surface area contributed by atoms with Gasteiger partial charge in [-0.3, -0.25) is 4.79 Å². The molecule has 166 valence electrons. The topological polar surface area (TPSA) is 38.1 Å². The van der Waals surface area contributed by atoms with Crippen molar-refractivity contribution < 1.29 is 18.0 Å². The zero-order chi connectivity index (χ0) is 21.7. The number of aromatic nitrogens is 2. The molecule has 1 amide bonds. The van der Waals surface area contributed by atoms with Gasteiger partial charge >= 0.3 is 6.18 Å². The van der Waals surface area contributed by atoms with Crippen molar-refractivity contribution in [2.45, 2.75) is 78.1 Å². The molecule has 1 aliphatic carbocycles. The van der Waals surface area contributed by atoms with Crippen molar-refractivity contribution >= 4 is 5.91 Å². The smallest absolute Gasteiger partial charge is 0.324 e. The van der Waals surface area contributed by atoms with E-state index in [1.165, 1.54) is 4.57 Å². The van der Waals surface area contributed by atoms with Gasteiger partial charge in [0.05, 0.1) is 12.4 Å². The molecule has 2 atom stereocenters. The average molecular weight is 424 g/mol. The second-order valence-corrected chi connectivity index (χ2v) is 8.42. The Morgan fingerprint density at radius 3 is 2.63 bits per heavy atom. The highest BCUT2D eigenvalue weighted by Crippen LogP contribution is 2.35. The molecule has 7 heteroatoms. The Morgan fingerprint density at radius 1 is 1.20 bits per heavy atom. The predicted octanol–water partition coefficient (Wildman–Crippen LogP) is 5.53. The van der Waals surface area contributed by atoms with Crippen molar-refractivity contribution in [3.8, 4) is 0 Å². The minimum atomic E-state index is -4.49. The van der Waals surface area contributed by atoms with E-state index in [1.54, 1.807) is 4.90 Å². The lowest BCUT2D eigenvalue weighted by Gasteiger charge is -2.22. The highest BCUT2D eigenvalue weighted by molar-refractivity contribution is 5.78. The fourth-order valence-electron chi connectivity index (χ4n) is 4.61. The Morgan fingerprint density at radius 2 is 2.00 bits per heavy atom. The first kappa shape index (κ1) is 22.6. The van der Waals surface area contributed by atoms with Gasteiger partial charge < -0.3 is 9.47 Å².